The number of aliphatic hydroxyl groups excluding tert-OH is 1. The number of aliphatic hydroxyl groups is 1. The summed E-state index contributed by atoms with van der Waals surface area (Å²) < 4.78 is 0. The Morgan fingerprint density at radius 2 is 1.56 bits per heavy atom. The molecule has 0 saturated carbocycles. The lowest BCUT2D eigenvalue weighted by Crippen LogP contribution is -2.30. The van der Waals surface area contributed by atoms with Gasteiger partial charge in [-0.25, -0.2) is 0 Å². The Morgan fingerprint density at radius 1 is 0.912 bits per heavy atom. The fourth-order valence-electron chi connectivity index (χ4n) is 4.68. The van der Waals surface area contributed by atoms with Crippen LogP contribution in [-0.2, 0) is 9.59 Å². The van der Waals surface area contributed by atoms with Gasteiger partial charge in [-0.2, -0.15) is 0 Å². The molecule has 1 aliphatic rings. The molecular formula is C29H30N2O3. The van der Waals surface area contributed by atoms with Crippen LogP contribution in [0.25, 0.3) is 5.76 Å². The maximum Gasteiger partial charge on any atom is 0.300 e. The van der Waals surface area contributed by atoms with Gasteiger partial charge in [-0.3, -0.25) is 14.5 Å². The number of aryl methyl sites for hydroxylation is 2. The molecule has 3 aromatic carbocycles. The van der Waals surface area contributed by atoms with E-state index in [0.29, 0.717) is 11.3 Å². The molecule has 1 fully saturated rings. The van der Waals surface area contributed by atoms with E-state index in [-0.39, 0.29) is 11.3 Å². The van der Waals surface area contributed by atoms with E-state index in [2.05, 4.69) is 18.7 Å². The van der Waals surface area contributed by atoms with E-state index in [1.807, 2.05) is 62.4 Å². The third-order valence-corrected chi connectivity index (χ3v) is 6.44. The van der Waals surface area contributed by atoms with Gasteiger partial charge in [0.1, 0.15) is 5.76 Å². The minimum absolute atomic E-state index is 0.103. The molecule has 5 nitrogen and oxygen atoms in total. The van der Waals surface area contributed by atoms with Crippen LogP contribution in [0.4, 0.5) is 11.4 Å². The highest BCUT2D eigenvalue weighted by molar-refractivity contribution is 6.51. The molecule has 3 aromatic rings. The molecule has 4 rings (SSSR count). The zero-order valence-corrected chi connectivity index (χ0v) is 20.1. The largest absolute Gasteiger partial charge is 0.507 e. The number of benzene rings is 3. The highest BCUT2D eigenvalue weighted by Gasteiger charge is 2.47. The fraction of sp³-hybridized carbons (Fsp3) is 0.241. The molecule has 1 amide bonds. The summed E-state index contributed by atoms with van der Waals surface area (Å²) in [5, 5.41) is 11.2. The predicted molar refractivity (Wildman–Crippen MR) is 137 cm³/mol. The van der Waals surface area contributed by atoms with E-state index >= 15 is 0 Å². The lowest BCUT2D eigenvalue weighted by Gasteiger charge is -2.28. The molecule has 1 unspecified atom stereocenters. The summed E-state index contributed by atoms with van der Waals surface area (Å²) in [6.45, 7) is 9.89. The topological polar surface area (TPSA) is 60.9 Å². The van der Waals surface area contributed by atoms with Gasteiger partial charge in [-0.05, 0) is 57.0 Å². The van der Waals surface area contributed by atoms with Crippen molar-refractivity contribution < 1.29 is 14.7 Å². The Bertz CT molecular complexity index is 1240. The fourth-order valence-corrected chi connectivity index (χ4v) is 4.68. The highest BCUT2D eigenvalue weighted by atomic mass is 16.3. The number of nitrogens with zero attached hydrogens (tertiary/aromatic N) is 2. The molecule has 0 radical (unpaired) electrons. The third-order valence-electron chi connectivity index (χ3n) is 6.44. The summed E-state index contributed by atoms with van der Waals surface area (Å²) in [7, 11) is 0. The van der Waals surface area contributed by atoms with Crippen LogP contribution in [0.1, 0.15) is 42.1 Å². The van der Waals surface area contributed by atoms with E-state index in [1.165, 1.54) is 4.90 Å². The molecule has 1 atom stereocenters. The average molecular weight is 455 g/mol. The molecule has 174 valence electrons. The number of hydrogen-bond donors (Lipinski definition) is 1. The van der Waals surface area contributed by atoms with Crippen molar-refractivity contribution in [3.63, 3.8) is 0 Å². The first-order valence-corrected chi connectivity index (χ1v) is 11.7. The number of rotatable bonds is 6. The van der Waals surface area contributed by atoms with Gasteiger partial charge in [-0.15, -0.1) is 0 Å². The molecule has 1 aliphatic heterocycles. The second kappa shape index (κ2) is 9.56. The van der Waals surface area contributed by atoms with Gasteiger partial charge in [-0.1, -0.05) is 60.2 Å². The number of amides is 1. The molecule has 1 saturated heterocycles. The van der Waals surface area contributed by atoms with Gasteiger partial charge in [0, 0.05) is 30.0 Å². The SMILES string of the molecule is CCN(CC)c1ccc(C2/C(=C(\O)c3ccccc3)C(=O)C(=O)N2c2ccc(C)cc2C)cc1. The van der Waals surface area contributed by atoms with Crippen molar-refractivity contribution >= 4 is 28.8 Å². The van der Waals surface area contributed by atoms with Crippen molar-refractivity contribution in [2.75, 3.05) is 22.9 Å². The van der Waals surface area contributed by atoms with E-state index < -0.39 is 17.7 Å². The lowest BCUT2D eigenvalue weighted by atomic mass is 9.94. The van der Waals surface area contributed by atoms with Gasteiger partial charge in [0.25, 0.3) is 11.7 Å². The van der Waals surface area contributed by atoms with Crippen LogP contribution < -0.4 is 9.80 Å². The number of ketones is 1. The van der Waals surface area contributed by atoms with E-state index in [1.54, 1.807) is 24.3 Å². The molecule has 1 N–H and O–H groups in total. The molecule has 34 heavy (non-hydrogen) atoms. The molecule has 0 bridgehead atoms. The first kappa shape index (κ1) is 23.3. The van der Waals surface area contributed by atoms with Crippen molar-refractivity contribution in [3.05, 3.63) is 101 Å². The van der Waals surface area contributed by atoms with Crippen molar-refractivity contribution in [3.8, 4) is 0 Å². The van der Waals surface area contributed by atoms with Gasteiger partial charge >= 0.3 is 0 Å². The summed E-state index contributed by atoms with van der Waals surface area (Å²) in [4.78, 5) is 30.4. The first-order valence-electron chi connectivity index (χ1n) is 11.7. The molecule has 0 spiro atoms. The zero-order chi connectivity index (χ0) is 24.4. The van der Waals surface area contributed by atoms with Crippen molar-refractivity contribution in [1.29, 1.82) is 0 Å². The Balaban J connectivity index is 1.91. The average Bonchev–Trinajstić information content (AvgIpc) is 3.11. The smallest absolute Gasteiger partial charge is 0.300 e. The van der Waals surface area contributed by atoms with Crippen LogP contribution in [0, 0.1) is 13.8 Å². The first-order chi connectivity index (χ1) is 16.4. The van der Waals surface area contributed by atoms with Gasteiger partial charge in [0.15, 0.2) is 0 Å². The number of carbonyl (C=O) groups is 2. The molecule has 0 aliphatic carbocycles. The monoisotopic (exact) mass is 454 g/mol. The second-order valence-electron chi connectivity index (χ2n) is 8.59. The van der Waals surface area contributed by atoms with Gasteiger partial charge in [0.05, 0.1) is 11.6 Å². The number of anilines is 2. The maximum atomic E-state index is 13.4. The highest BCUT2D eigenvalue weighted by Crippen LogP contribution is 2.43. The van der Waals surface area contributed by atoms with Crippen LogP contribution in [-0.4, -0.2) is 29.9 Å². The van der Waals surface area contributed by atoms with E-state index in [4.69, 9.17) is 0 Å². The minimum Gasteiger partial charge on any atom is -0.507 e. The van der Waals surface area contributed by atoms with E-state index in [9.17, 15) is 14.7 Å². The van der Waals surface area contributed by atoms with Crippen LogP contribution in [0.5, 0.6) is 0 Å². The van der Waals surface area contributed by atoms with Gasteiger partial charge in [0.2, 0.25) is 0 Å². The minimum atomic E-state index is -0.729. The Kier molecular flexibility index (Phi) is 6.55. The number of hydrogen-bond acceptors (Lipinski definition) is 4. The van der Waals surface area contributed by atoms with Crippen molar-refractivity contribution in [2.45, 2.75) is 33.7 Å². The number of Topliss-reactive ketones (excluding diaryl/α,β-unsaturated/α-hetero) is 1. The molecular weight excluding hydrogens is 424 g/mol. The summed E-state index contributed by atoms with van der Waals surface area (Å²) in [6, 6.07) is 21.9. The second-order valence-corrected chi connectivity index (χ2v) is 8.59. The Morgan fingerprint density at radius 3 is 2.15 bits per heavy atom. The van der Waals surface area contributed by atoms with Crippen LogP contribution in [0.3, 0.4) is 0 Å². The van der Waals surface area contributed by atoms with Crippen molar-refractivity contribution in [2.24, 2.45) is 0 Å². The maximum absolute atomic E-state index is 13.4. The Hall–Kier alpha value is -3.86. The quantitative estimate of drug-likeness (QED) is 0.292. The van der Waals surface area contributed by atoms with Gasteiger partial charge < -0.3 is 10.0 Å². The van der Waals surface area contributed by atoms with E-state index in [0.717, 1.165) is 35.5 Å². The van der Waals surface area contributed by atoms with Crippen LogP contribution in [0.15, 0.2) is 78.4 Å². The summed E-state index contributed by atoms with van der Waals surface area (Å²) in [5.74, 6) is -1.48. The molecule has 0 aromatic heterocycles. The summed E-state index contributed by atoms with van der Waals surface area (Å²) in [6.07, 6.45) is 0. The van der Waals surface area contributed by atoms with Crippen LogP contribution >= 0.6 is 0 Å². The molecule has 1 heterocycles. The lowest BCUT2D eigenvalue weighted by molar-refractivity contribution is -0.132. The van der Waals surface area contributed by atoms with Crippen molar-refractivity contribution in [1.82, 2.24) is 0 Å². The normalized spacial score (nSPS) is 17.3. The third kappa shape index (κ3) is 4.10. The summed E-state index contributed by atoms with van der Waals surface area (Å²) >= 11 is 0. The Labute approximate surface area is 201 Å². The summed E-state index contributed by atoms with van der Waals surface area (Å²) in [5.41, 5.74) is 5.08. The van der Waals surface area contributed by atoms with Crippen LogP contribution in [0.2, 0.25) is 0 Å². The zero-order valence-electron chi connectivity index (χ0n) is 20.1. The number of carbonyl (C=O) groups excluding carboxylic acids is 2. The predicted octanol–water partition coefficient (Wildman–Crippen LogP) is 5.78. The molecule has 5 heteroatoms. The standard InChI is InChI=1S/C29H30N2O3/c1-5-30(6-2)23-15-13-21(14-16-23)26-25(27(32)22-10-8-7-9-11-22)28(33)29(34)31(26)24-17-12-19(3)18-20(24)4/h7-18,26,32H,5-6H2,1-4H3/b27-25+.